The molecule has 0 spiro atoms. The van der Waals surface area contributed by atoms with E-state index in [1.54, 1.807) is 32.4 Å². The molecule has 3 rings (SSSR count). The highest BCUT2D eigenvalue weighted by atomic mass is 32.1. The van der Waals surface area contributed by atoms with E-state index in [0.29, 0.717) is 45.7 Å². The molecular weight excluding hydrogens is 783 g/mol. The Bertz CT molecular complexity index is 1580. The lowest BCUT2D eigenvalue weighted by Gasteiger charge is -2.41. The number of carbonyl (C=O) groups is 4. The number of likely N-dealkylation sites (tertiary alicyclic amines) is 1. The number of amides is 4. The number of thiazole rings is 1. The number of hydrogen-bond acceptors (Lipinski definition) is 11. The van der Waals surface area contributed by atoms with Gasteiger partial charge in [-0.15, -0.1) is 11.3 Å². The Morgan fingerprint density at radius 2 is 1.67 bits per heavy atom. The van der Waals surface area contributed by atoms with E-state index in [1.807, 2.05) is 87.2 Å². The minimum absolute atomic E-state index is 0.0218. The summed E-state index contributed by atoms with van der Waals surface area (Å²) in [5.41, 5.74) is 6.65. The van der Waals surface area contributed by atoms with Gasteiger partial charge in [0.05, 0.1) is 61.9 Å². The first-order valence-corrected chi connectivity index (χ1v) is 22.6. The Kier molecular flexibility index (Phi) is 21.6. The molecule has 4 amide bonds. The van der Waals surface area contributed by atoms with E-state index in [2.05, 4.69) is 29.5 Å². The summed E-state index contributed by atoms with van der Waals surface area (Å²) in [5.74, 6) is -1.58. The molecular formula is C45H75N7O7S. The summed E-state index contributed by atoms with van der Waals surface area (Å²) in [6, 6.07) is 7.63. The summed E-state index contributed by atoms with van der Waals surface area (Å²) < 4.78 is 17.7. The fraction of sp³-hybridized carbons (Fsp3) is 0.711. The average molecular weight is 858 g/mol. The van der Waals surface area contributed by atoms with Gasteiger partial charge < -0.3 is 40.4 Å². The fourth-order valence-electron chi connectivity index (χ4n) is 8.58. The van der Waals surface area contributed by atoms with Gasteiger partial charge >= 0.3 is 0 Å². The zero-order valence-electron chi connectivity index (χ0n) is 38.1. The normalized spacial score (nSPS) is 18.4. The number of methoxy groups -OCH3 is 2. The van der Waals surface area contributed by atoms with Crippen molar-refractivity contribution in [2.45, 2.75) is 123 Å². The van der Waals surface area contributed by atoms with Crippen molar-refractivity contribution in [2.75, 3.05) is 61.2 Å². The predicted octanol–water partition coefficient (Wildman–Crippen LogP) is 4.54. The molecule has 338 valence electrons. The summed E-state index contributed by atoms with van der Waals surface area (Å²) in [7, 11) is 6.80. The van der Waals surface area contributed by atoms with Gasteiger partial charge in [-0.25, -0.2) is 4.98 Å². The molecule has 0 aliphatic carbocycles. The van der Waals surface area contributed by atoms with E-state index in [0.717, 1.165) is 23.4 Å². The molecule has 15 heteroatoms. The van der Waals surface area contributed by atoms with Gasteiger partial charge in [0.25, 0.3) is 0 Å². The van der Waals surface area contributed by atoms with E-state index in [9.17, 15) is 19.2 Å². The van der Waals surface area contributed by atoms with Crippen molar-refractivity contribution >= 4 is 35.0 Å². The van der Waals surface area contributed by atoms with Gasteiger partial charge in [-0.05, 0) is 49.6 Å². The number of ether oxygens (including phenoxy) is 3. The molecule has 0 unspecified atom stereocenters. The van der Waals surface area contributed by atoms with Crippen LogP contribution in [0.1, 0.15) is 90.8 Å². The van der Waals surface area contributed by atoms with Crippen LogP contribution in [0.15, 0.2) is 41.9 Å². The van der Waals surface area contributed by atoms with Crippen LogP contribution in [0, 0.1) is 23.7 Å². The summed E-state index contributed by atoms with van der Waals surface area (Å²) in [4.78, 5) is 66.7. The first kappa shape index (κ1) is 50.9. The third-order valence-electron chi connectivity index (χ3n) is 12.1. The van der Waals surface area contributed by atoms with Crippen LogP contribution in [0.25, 0.3) is 0 Å². The van der Waals surface area contributed by atoms with Crippen molar-refractivity contribution in [1.82, 2.24) is 30.3 Å². The van der Waals surface area contributed by atoms with E-state index in [1.165, 1.54) is 11.3 Å². The molecule has 1 saturated heterocycles. The lowest BCUT2D eigenvalue weighted by molar-refractivity contribution is -0.148. The minimum atomic E-state index is -0.800. The van der Waals surface area contributed by atoms with Crippen molar-refractivity contribution < 1.29 is 33.4 Å². The molecule has 1 aromatic carbocycles. The van der Waals surface area contributed by atoms with Crippen LogP contribution < -0.4 is 16.4 Å². The van der Waals surface area contributed by atoms with E-state index < -0.39 is 36.3 Å². The van der Waals surface area contributed by atoms with Crippen LogP contribution in [0.3, 0.4) is 0 Å². The molecule has 1 aliphatic rings. The van der Waals surface area contributed by atoms with Crippen LogP contribution in [0.5, 0.6) is 0 Å². The van der Waals surface area contributed by atoms with Gasteiger partial charge in [0, 0.05) is 52.5 Å². The Labute approximate surface area is 363 Å². The lowest BCUT2D eigenvalue weighted by Crippen LogP contribution is -2.60. The second-order valence-corrected chi connectivity index (χ2v) is 17.9. The van der Waals surface area contributed by atoms with Crippen LogP contribution in [-0.2, 0) is 39.8 Å². The molecule has 9 atom stereocenters. The fourth-order valence-corrected chi connectivity index (χ4v) is 9.27. The number of nitrogens with one attached hydrogen (secondary N) is 2. The smallest absolute Gasteiger partial charge is 0.245 e. The molecule has 2 aromatic rings. The van der Waals surface area contributed by atoms with E-state index in [-0.39, 0.29) is 59.9 Å². The number of aromatic nitrogens is 1. The Morgan fingerprint density at radius 3 is 2.23 bits per heavy atom. The Morgan fingerprint density at radius 1 is 0.967 bits per heavy atom. The quantitative estimate of drug-likeness (QED) is 0.114. The number of hydrogen-bond donors (Lipinski definition) is 3. The standard InChI is InChI=1S/C45H75N7O7S/c1-12-31(6)40(51(9)45(56)38(29(2)3)49-43(55)39(30(4)5)50(8)23-25-59-24-20-46)36(57-10)28-37(53)52-22-16-19-35(52)41(58-11)32(7)42(54)48-34(44-47-21-26-60-44)27-33-17-14-13-15-18-33/h13-15,17-18,21,26,29-32,34-36,38-41H,12,16,19-20,22-25,27-28,46H2,1-11H3,(H,48,54)(H,49,55)/t31-,32+,34-,35-,36+,38-,39-,40-,41+/m0/s1. The monoisotopic (exact) mass is 858 g/mol. The van der Waals surface area contributed by atoms with Crippen LogP contribution in [0.4, 0.5) is 0 Å². The van der Waals surface area contributed by atoms with E-state index in [4.69, 9.17) is 19.9 Å². The average Bonchev–Trinajstić information content (AvgIpc) is 3.95. The number of benzene rings is 1. The highest BCUT2D eigenvalue weighted by Crippen LogP contribution is 2.30. The van der Waals surface area contributed by atoms with Crippen LogP contribution in [0.2, 0.25) is 0 Å². The van der Waals surface area contributed by atoms with Crippen LogP contribution >= 0.6 is 11.3 Å². The molecule has 0 radical (unpaired) electrons. The zero-order chi connectivity index (χ0) is 44.5. The topological polar surface area (TPSA) is 169 Å². The van der Waals surface area contributed by atoms with Gasteiger partial charge in [0.15, 0.2) is 0 Å². The number of nitrogens with zero attached hydrogens (tertiary/aromatic N) is 4. The zero-order valence-corrected chi connectivity index (χ0v) is 38.9. The van der Waals surface area contributed by atoms with Gasteiger partial charge in [-0.3, -0.25) is 24.1 Å². The van der Waals surface area contributed by atoms with Crippen molar-refractivity contribution in [2.24, 2.45) is 29.4 Å². The van der Waals surface area contributed by atoms with Crippen molar-refractivity contribution in [3.63, 3.8) is 0 Å². The molecule has 60 heavy (non-hydrogen) atoms. The molecule has 14 nitrogen and oxygen atoms in total. The third kappa shape index (κ3) is 14.0. The Hall–Kier alpha value is -3.47. The van der Waals surface area contributed by atoms with Gasteiger partial charge in [-0.1, -0.05) is 85.2 Å². The SMILES string of the molecule is CC[C@H](C)[C@@H]([C@@H](CC(=O)N1CCC[C@H]1[C@H](OC)[C@@H](C)C(=O)N[C@@H](Cc1ccccc1)c1nccs1)OC)N(C)C(=O)[C@@H](NC(=O)[C@H](C(C)C)N(C)CCOCCN)C(C)C. The maximum Gasteiger partial charge on any atom is 0.245 e. The largest absolute Gasteiger partial charge is 0.379 e. The molecule has 1 aromatic heterocycles. The molecule has 1 aliphatic heterocycles. The van der Waals surface area contributed by atoms with Crippen molar-refractivity contribution in [3.8, 4) is 0 Å². The van der Waals surface area contributed by atoms with Gasteiger partial charge in [0.1, 0.15) is 11.0 Å². The molecule has 2 heterocycles. The molecule has 0 bridgehead atoms. The summed E-state index contributed by atoms with van der Waals surface area (Å²) in [5, 5.41) is 9.06. The molecule has 0 saturated carbocycles. The first-order valence-electron chi connectivity index (χ1n) is 21.7. The van der Waals surface area contributed by atoms with Crippen LogP contribution in [-0.4, -0.2) is 141 Å². The highest BCUT2D eigenvalue weighted by molar-refractivity contribution is 7.09. The summed E-state index contributed by atoms with van der Waals surface area (Å²) >= 11 is 1.50. The second kappa shape index (κ2) is 25.5. The number of likely N-dealkylation sites (N-methyl/N-ethyl adjacent to an activating group) is 2. The number of nitrogens with two attached hydrogens (primary N) is 1. The maximum atomic E-state index is 14.5. The highest BCUT2D eigenvalue weighted by Gasteiger charge is 2.43. The predicted molar refractivity (Wildman–Crippen MR) is 237 cm³/mol. The molecule has 4 N–H and O–H groups in total. The third-order valence-corrected chi connectivity index (χ3v) is 13.0. The van der Waals surface area contributed by atoms with Crippen molar-refractivity contribution in [1.29, 1.82) is 0 Å². The summed E-state index contributed by atoms with van der Waals surface area (Å²) in [6.45, 7) is 16.2. The van der Waals surface area contributed by atoms with Gasteiger partial charge in [0.2, 0.25) is 23.6 Å². The number of carbonyl (C=O) groups excluding carboxylic acids is 4. The minimum Gasteiger partial charge on any atom is -0.379 e. The maximum absolute atomic E-state index is 14.5. The molecule has 1 fully saturated rings. The lowest BCUT2D eigenvalue weighted by atomic mass is 9.89. The summed E-state index contributed by atoms with van der Waals surface area (Å²) in [6.07, 6.45) is 3.38. The Balaban J connectivity index is 1.77. The second-order valence-electron chi connectivity index (χ2n) is 17.0. The van der Waals surface area contributed by atoms with E-state index >= 15 is 0 Å². The first-order chi connectivity index (χ1) is 28.6. The number of rotatable bonds is 26. The van der Waals surface area contributed by atoms with Crippen molar-refractivity contribution in [3.05, 3.63) is 52.5 Å². The van der Waals surface area contributed by atoms with Gasteiger partial charge in [-0.2, -0.15) is 0 Å².